The van der Waals surface area contributed by atoms with Crippen LogP contribution in [0.25, 0.3) is 10.4 Å². The molecule has 1 aromatic heterocycles. The zero-order valence-electron chi connectivity index (χ0n) is 16.5. The van der Waals surface area contributed by atoms with E-state index in [9.17, 15) is 9.59 Å². The zero-order valence-corrected chi connectivity index (χ0v) is 18.1. The van der Waals surface area contributed by atoms with Gasteiger partial charge in [-0.05, 0) is 35.9 Å². The lowest BCUT2D eigenvalue weighted by Gasteiger charge is -2.17. The van der Waals surface area contributed by atoms with Crippen LogP contribution in [0.1, 0.15) is 15.2 Å². The number of para-hydroxylation sites is 1. The predicted molar refractivity (Wildman–Crippen MR) is 121 cm³/mol. The molecule has 30 heavy (non-hydrogen) atoms. The molecule has 2 heterocycles. The third-order valence-corrected chi connectivity index (χ3v) is 6.40. The van der Waals surface area contributed by atoms with Gasteiger partial charge >= 0.3 is 6.03 Å². The number of halogens is 1. The highest BCUT2D eigenvalue weighted by Gasteiger charge is 2.24. The molecule has 0 spiro atoms. The quantitative estimate of drug-likeness (QED) is 0.598. The Labute approximate surface area is 183 Å². The molecule has 8 heteroatoms. The summed E-state index contributed by atoms with van der Waals surface area (Å²) < 4.78 is 5.90. The standard InChI is InChI=1S/C22H20ClN3O3S/c1-24-22(28)25-14-7-8-15-18(12-14)29-10-9-13-11-19(30-20(13)15)21(27)26(2)17-6-4-3-5-16(17)23/h3-8,11-12H,9-10H2,1-2H3,(H2,24,25,28). The van der Waals surface area contributed by atoms with Gasteiger partial charge in [-0.25, -0.2) is 4.79 Å². The van der Waals surface area contributed by atoms with Crippen LogP contribution in [0.2, 0.25) is 5.02 Å². The van der Waals surface area contributed by atoms with Crippen molar-refractivity contribution >= 4 is 46.3 Å². The second-order valence-corrected chi connectivity index (χ2v) is 8.25. The first-order valence-corrected chi connectivity index (χ1v) is 10.6. The number of carbonyl (C=O) groups is 2. The number of nitrogens with zero attached hydrogens (tertiary/aromatic N) is 1. The summed E-state index contributed by atoms with van der Waals surface area (Å²) in [7, 11) is 3.29. The summed E-state index contributed by atoms with van der Waals surface area (Å²) in [5.41, 5.74) is 3.29. The minimum Gasteiger partial charge on any atom is -0.492 e. The summed E-state index contributed by atoms with van der Waals surface area (Å²) in [4.78, 5) is 27.9. The van der Waals surface area contributed by atoms with Gasteiger partial charge in [-0.1, -0.05) is 23.7 Å². The highest BCUT2D eigenvalue weighted by molar-refractivity contribution is 7.17. The maximum atomic E-state index is 13.1. The molecule has 0 saturated carbocycles. The van der Waals surface area contributed by atoms with Crippen molar-refractivity contribution in [2.24, 2.45) is 0 Å². The van der Waals surface area contributed by atoms with Crippen LogP contribution < -0.4 is 20.3 Å². The molecule has 0 unspecified atom stereocenters. The Bertz CT molecular complexity index is 1130. The van der Waals surface area contributed by atoms with Gasteiger partial charge in [0.15, 0.2) is 0 Å². The van der Waals surface area contributed by atoms with Crippen LogP contribution in [0.5, 0.6) is 5.75 Å². The van der Waals surface area contributed by atoms with E-state index >= 15 is 0 Å². The average molecular weight is 442 g/mol. The van der Waals surface area contributed by atoms with Gasteiger partial charge in [-0.2, -0.15) is 0 Å². The SMILES string of the molecule is CNC(=O)Nc1ccc2c(c1)OCCc1cc(C(=O)N(C)c3ccccc3Cl)sc1-2. The molecule has 0 radical (unpaired) electrons. The van der Waals surface area contributed by atoms with E-state index in [0.29, 0.717) is 40.1 Å². The molecule has 2 N–H and O–H groups in total. The first kappa shape index (κ1) is 20.3. The van der Waals surface area contributed by atoms with Gasteiger partial charge in [-0.15, -0.1) is 11.3 Å². The minimum absolute atomic E-state index is 0.110. The molecule has 0 aliphatic carbocycles. The van der Waals surface area contributed by atoms with E-state index in [0.717, 1.165) is 16.0 Å². The number of amides is 3. The number of nitrogens with one attached hydrogen (secondary N) is 2. The van der Waals surface area contributed by atoms with E-state index in [1.165, 1.54) is 11.3 Å². The lowest BCUT2D eigenvalue weighted by atomic mass is 10.1. The molecule has 1 aliphatic heterocycles. The Morgan fingerprint density at radius 3 is 2.73 bits per heavy atom. The van der Waals surface area contributed by atoms with Crippen molar-refractivity contribution < 1.29 is 14.3 Å². The van der Waals surface area contributed by atoms with Crippen LogP contribution in [0, 0.1) is 0 Å². The molecule has 0 bridgehead atoms. The van der Waals surface area contributed by atoms with E-state index in [1.54, 1.807) is 31.1 Å². The fourth-order valence-electron chi connectivity index (χ4n) is 3.32. The van der Waals surface area contributed by atoms with E-state index in [-0.39, 0.29) is 11.9 Å². The molecular formula is C22H20ClN3O3S. The van der Waals surface area contributed by atoms with Gasteiger partial charge in [0.2, 0.25) is 0 Å². The summed E-state index contributed by atoms with van der Waals surface area (Å²) in [6.07, 6.45) is 0.696. The van der Waals surface area contributed by atoms with Crippen molar-refractivity contribution in [1.29, 1.82) is 0 Å². The fraction of sp³-hybridized carbons (Fsp3) is 0.182. The minimum atomic E-state index is -0.295. The number of rotatable bonds is 3. The molecule has 0 atom stereocenters. The third kappa shape index (κ3) is 3.86. The number of benzene rings is 2. The van der Waals surface area contributed by atoms with Gasteiger partial charge < -0.3 is 20.3 Å². The molecule has 154 valence electrons. The Balaban J connectivity index is 1.66. The number of hydrogen-bond donors (Lipinski definition) is 2. The Morgan fingerprint density at radius 2 is 1.97 bits per heavy atom. The Kier molecular flexibility index (Phi) is 5.65. The summed E-state index contributed by atoms with van der Waals surface area (Å²) in [5, 5.41) is 5.80. The lowest BCUT2D eigenvalue weighted by Crippen LogP contribution is -2.25. The summed E-state index contributed by atoms with van der Waals surface area (Å²) in [5.74, 6) is 0.574. The number of ether oxygens (including phenoxy) is 1. The van der Waals surface area contributed by atoms with Crippen LogP contribution in [0.3, 0.4) is 0 Å². The number of thiophene rings is 1. The van der Waals surface area contributed by atoms with Gasteiger partial charge in [-0.3, -0.25) is 4.79 Å². The molecule has 6 nitrogen and oxygen atoms in total. The second-order valence-electron chi connectivity index (χ2n) is 6.79. The second kappa shape index (κ2) is 8.38. The van der Waals surface area contributed by atoms with Crippen molar-refractivity contribution in [3.63, 3.8) is 0 Å². The monoisotopic (exact) mass is 441 g/mol. The van der Waals surface area contributed by atoms with Crippen molar-refractivity contribution in [3.8, 4) is 16.2 Å². The van der Waals surface area contributed by atoms with Gasteiger partial charge in [0.05, 0.1) is 22.2 Å². The fourth-order valence-corrected chi connectivity index (χ4v) is 4.80. The van der Waals surface area contributed by atoms with Crippen LogP contribution in [0.15, 0.2) is 48.5 Å². The van der Waals surface area contributed by atoms with Crippen molar-refractivity contribution in [2.75, 3.05) is 30.9 Å². The zero-order chi connectivity index (χ0) is 21.3. The van der Waals surface area contributed by atoms with Gasteiger partial charge in [0.1, 0.15) is 5.75 Å². The summed E-state index contributed by atoms with van der Waals surface area (Å²) in [6.45, 7) is 0.494. The van der Waals surface area contributed by atoms with Crippen molar-refractivity contribution in [1.82, 2.24) is 5.32 Å². The van der Waals surface area contributed by atoms with Crippen molar-refractivity contribution in [2.45, 2.75) is 6.42 Å². The Morgan fingerprint density at radius 1 is 1.17 bits per heavy atom. The average Bonchev–Trinajstić information content (AvgIpc) is 3.09. The number of fused-ring (bicyclic) bond motifs is 3. The molecule has 4 rings (SSSR count). The van der Waals surface area contributed by atoms with Crippen LogP contribution >= 0.6 is 22.9 Å². The van der Waals surface area contributed by atoms with E-state index in [4.69, 9.17) is 16.3 Å². The van der Waals surface area contributed by atoms with Gasteiger partial charge in [0, 0.05) is 42.7 Å². The van der Waals surface area contributed by atoms with E-state index < -0.39 is 0 Å². The topological polar surface area (TPSA) is 70.7 Å². The predicted octanol–water partition coefficient (Wildman–Crippen LogP) is 5.03. The Hall–Kier alpha value is -3.03. The van der Waals surface area contributed by atoms with Crippen molar-refractivity contribution in [3.05, 3.63) is 64.0 Å². The molecule has 3 amide bonds. The molecule has 2 aromatic carbocycles. The maximum absolute atomic E-state index is 13.1. The van der Waals surface area contributed by atoms with E-state index in [2.05, 4.69) is 10.6 Å². The van der Waals surface area contributed by atoms with E-state index in [1.807, 2.05) is 36.4 Å². The summed E-state index contributed by atoms with van der Waals surface area (Å²) in [6, 6.07) is 14.5. The highest BCUT2D eigenvalue weighted by atomic mass is 35.5. The molecule has 1 aliphatic rings. The summed E-state index contributed by atoms with van der Waals surface area (Å²) >= 11 is 7.70. The number of carbonyl (C=O) groups excluding carboxylic acids is 2. The first-order chi connectivity index (χ1) is 14.5. The first-order valence-electron chi connectivity index (χ1n) is 9.39. The van der Waals surface area contributed by atoms with Gasteiger partial charge in [0.25, 0.3) is 5.91 Å². The maximum Gasteiger partial charge on any atom is 0.318 e. The number of hydrogen-bond acceptors (Lipinski definition) is 4. The largest absolute Gasteiger partial charge is 0.492 e. The third-order valence-electron chi connectivity index (χ3n) is 4.88. The lowest BCUT2D eigenvalue weighted by molar-refractivity contribution is 0.0996. The van der Waals surface area contributed by atoms with Crippen LogP contribution in [-0.4, -0.2) is 32.6 Å². The molecule has 3 aromatic rings. The number of anilines is 2. The van der Waals surface area contributed by atoms with Crippen LogP contribution in [-0.2, 0) is 6.42 Å². The smallest absolute Gasteiger partial charge is 0.318 e. The number of urea groups is 1. The highest BCUT2D eigenvalue weighted by Crippen LogP contribution is 2.42. The molecule has 0 fully saturated rings. The normalized spacial score (nSPS) is 12.1. The molecule has 0 saturated heterocycles. The molecular weight excluding hydrogens is 422 g/mol. The van der Waals surface area contributed by atoms with Crippen LogP contribution in [0.4, 0.5) is 16.2 Å².